The highest BCUT2D eigenvalue weighted by molar-refractivity contribution is 5.99. The maximum atomic E-state index is 12.5. The molecule has 0 radical (unpaired) electrons. The topological polar surface area (TPSA) is 73.9 Å². The molecule has 6 heteroatoms. The number of carbonyl (C=O) groups excluding carboxylic acids is 2. The predicted molar refractivity (Wildman–Crippen MR) is 85.1 cm³/mol. The number of hydrogen-bond donors (Lipinski definition) is 1. The summed E-state index contributed by atoms with van der Waals surface area (Å²) in [6.45, 7) is 5.89. The Bertz CT molecular complexity index is 550. The highest BCUT2D eigenvalue weighted by atomic mass is 16.7. The van der Waals surface area contributed by atoms with E-state index in [1.165, 1.54) is 0 Å². The van der Waals surface area contributed by atoms with Crippen LogP contribution in [0.2, 0.25) is 0 Å². The Labute approximate surface area is 136 Å². The number of benzene rings is 1. The minimum Gasteiger partial charge on any atom is -0.464 e. The molecule has 6 nitrogen and oxygen atoms in total. The Kier molecular flexibility index (Phi) is 6.12. The van der Waals surface area contributed by atoms with Gasteiger partial charge in [0.1, 0.15) is 6.79 Å². The number of para-hydroxylation sites is 1. The van der Waals surface area contributed by atoms with Crippen molar-refractivity contribution >= 4 is 17.6 Å². The van der Waals surface area contributed by atoms with Crippen LogP contribution in [0.3, 0.4) is 0 Å². The molecule has 0 aromatic heterocycles. The van der Waals surface area contributed by atoms with Crippen LogP contribution in [0.15, 0.2) is 18.2 Å². The lowest BCUT2D eigenvalue weighted by Gasteiger charge is -2.18. The second-order valence-electron chi connectivity index (χ2n) is 5.19. The van der Waals surface area contributed by atoms with E-state index in [1.54, 1.807) is 6.92 Å². The first-order valence-corrected chi connectivity index (χ1v) is 7.93. The van der Waals surface area contributed by atoms with Gasteiger partial charge in [-0.2, -0.15) is 0 Å². The van der Waals surface area contributed by atoms with Crippen molar-refractivity contribution < 1.29 is 23.8 Å². The zero-order valence-corrected chi connectivity index (χ0v) is 13.8. The highest BCUT2D eigenvalue weighted by Gasteiger charge is 2.41. The zero-order chi connectivity index (χ0) is 16.8. The molecule has 1 N–H and O–H groups in total. The molecule has 2 atom stereocenters. The van der Waals surface area contributed by atoms with E-state index in [9.17, 15) is 9.59 Å². The molecule has 23 heavy (non-hydrogen) atoms. The number of amides is 1. The van der Waals surface area contributed by atoms with Crippen molar-refractivity contribution in [2.75, 3.05) is 18.7 Å². The normalized spacial score (nSPS) is 20.3. The van der Waals surface area contributed by atoms with Gasteiger partial charge in [0.05, 0.1) is 6.61 Å². The summed E-state index contributed by atoms with van der Waals surface area (Å²) < 4.78 is 15.4. The van der Waals surface area contributed by atoms with Gasteiger partial charge >= 0.3 is 5.97 Å². The lowest BCUT2D eigenvalue weighted by Crippen LogP contribution is -2.41. The maximum Gasteiger partial charge on any atom is 0.338 e. The molecule has 1 aliphatic heterocycles. The third kappa shape index (κ3) is 3.89. The molecular formula is C17H23NO5. The SMILES string of the molecule is CCOC(=O)[C@@H]1OCO[C@H]1C(=O)Nc1c(CC)cccc1CC. The van der Waals surface area contributed by atoms with E-state index >= 15 is 0 Å². The van der Waals surface area contributed by atoms with Crippen LogP contribution in [0.1, 0.15) is 31.9 Å². The number of aryl methyl sites for hydroxylation is 2. The van der Waals surface area contributed by atoms with Gasteiger partial charge in [-0.1, -0.05) is 32.0 Å². The summed E-state index contributed by atoms with van der Waals surface area (Å²) in [6.07, 6.45) is -0.419. The largest absolute Gasteiger partial charge is 0.464 e. The van der Waals surface area contributed by atoms with E-state index in [0.29, 0.717) is 0 Å². The molecule has 1 saturated heterocycles. The number of ether oxygens (including phenoxy) is 3. The monoisotopic (exact) mass is 321 g/mol. The van der Waals surface area contributed by atoms with E-state index < -0.39 is 24.1 Å². The molecule has 1 heterocycles. The van der Waals surface area contributed by atoms with Crippen molar-refractivity contribution in [2.45, 2.75) is 45.8 Å². The van der Waals surface area contributed by atoms with Crippen LogP contribution in [0, 0.1) is 0 Å². The van der Waals surface area contributed by atoms with Gasteiger partial charge in [0.25, 0.3) is 5.91 Å². The standard InChI is InChI=1S/C17H23NO5/c1-4-11-8-7-9-12(5-2)13(11)18-16(19)14-15(23-10-22-14)17(20)21-6-3/h7-9,14-15H,4-6,10H2,1-3H3,(H,18,19)/t14-,15-/m1/s1. The van der Waals surface area contributed by atoms with Crippen molar-refractivity contribution in [3.8, 4) is 0 Å². The molecule has 0 spiro atoms. The summed E-state index contributed by atoms with van der Waals surface area (Å²) in [7, 11) is 0. The highest BCUT2D eigenvalue weighted by Crippen LogP contribution is 2.24. The third-order valence-corrected chi connectivity index (χ3v) is 3.79. The molecule has 0 unspecified atom stereocenters. The molecule has 1 fully saturated rings. The van der Waals surface area contributed by atoms with Gasteiger partial charge < -0.3 is 19.5 Å². The molecule has 1 aromatic rings. The van der Waals surface area contributed by atoms with Crippen molar-refractivity contribution in [1.82, 2.24) is 0 Å². The molecule has 0 saturated carbocycles. The number of carbonyl (C=O) groups is 2. The minimum absolute atomic E-state index is 0.0996. The number of anilines is 1. The summed E-state index contributed by atoms with van der Waals surface area (Å²) in [4.78, 5) is 24.4. The van der Waals surface area contributed by atoms with E-state index in [0.717, 1.165) is 29.7 Å². The summed E-state index contributed by atoms with van der Waals surface area (Å²) in [5, 5.41) is 2.90. The fourth-order valence-electron chi connectivity index (χ4n) is 2.59. The number of rotatable bonds is 6. The molecule has 0 bridgehead atoms. The molecule has 1 aromatic carbocycles. The predicted octanol–water partition coefficient (Wildman–Crippen LogP) is 2.05. The summed E-state index contributed by atoms with van der Waals surface area (Å²) >= 11 is 0. The van der Waals surface area contributed by atoms with Crippen LogP contribution in [0.4, 0.5) is 5.69 Å². The van der Waals surface area contributed by atoms with Gasteiger partial charge in [0.2, 0.25) is 0 Å². The van der Waals surface area contributed by atoms with Gasteiger partial charge in [-0.3, -0.25) is 4.79 Å². The quantitative estimate of drug-likeness (QED) is 0.812. The smallest absolute Gasteiger partial charge is 0.338 e. The van der Waals surface area contributed by atoms with Crippen LogP contribution in [0.25, 0.3) is 0 Å². The van der Waals surface area contributed by atoms with Crippen molar-refractivity contribution in [3.63, 3.8) is 0 Å². The Hall–Kier alpha value is -1.92. The lowest BCUT2D eigenvalue weighted by molar-refractivity contribution is -0.155. The van der Waals surface area contributed by atoms with Gasteiger partial charge in [0, 0.05) is 5.69 Å². The second-order valence-corrected chi connectivity index (χ2v) is 5.19. The van der Waals surface area contributed by atoms with Crippen LogP contribution >= 0.6 is 0 Å². The Morgan fingerprint density at radius 1 is 1.13 bits per heavy atom. The Morgan fingerprint density at radius 2 is 1.74 bits per heavy atom. The van der Waals surface area contributed by atoms with Crippen molar-refractivity contribution in [1.29, 1.82) is 0 Å². The van der Waals surface area contributed by atoms with Gasteiger partial charge in [-0.05, 0) is 30.9 Å². The number of hydrogen-bond acceptors (Lipinski definition) is 5. The van der Waals surface area contributed by atoms with E-state index in [4.69, 9.17) is 14.2 Å². The lowest BCUT2D eigenvalue weighted by atomic mass is 10.0. The average Bonchev–Trinajstić information content (AvgIpc) is 3.05. The van der Waals surface area contributed by atoms with Crippen molar-refractivity contribution in [3.05, 3.63) is 29.3 Å². The maximum absolute atomic E-state index is 12.5. The third-order valence-electron chi connectivity index (χ3n) is 3.79. The van der Waals surface area contributed by atoms with E-state index in [-0.39, 0.29) is 13.4 Å². The van der Waals surface area contributed by atoms with Crippen LogP contribution in [0.5, 0.6) is 0 Å². The summed E-state index contributed by atoms with van der Waals surface area (Å²) in [5.74, 6) is -0.971. The zero-order valence-electron chi connectivity index (χ0n) is 13.8. The summed E-state index contributed by atoms with van der Waals surface area (Å²) in [5.41, 5.74) is 2.88. The first kappa shape index (κ1) is 17.4. The summed E-state index contributed by atoms with van der Waals surface area (Å²) in [6, 6.07) is 5.93. The number of esters is 1. The van der Waals surface area contributed by atoms with Crippen LogP contribution < -0.4 is 5.32 Å². The molecule has 126 valence electrons. The number of nitrogens with one attached hydrogen (secondary N) is 1. The minimum atomic E-state index is -1.02. The fraction of sp³-hybridized carbons (Fsp3) is 0.529. The Morgan fingerprint density at radius 3 is 2.30 bits per heavy atom. The fourth-order valence-corrected chi connectivity index (χ4v) is 2.59. The van der Waals surface area contributed by atoms with E-state index in [1.807, 2.05) is 32.0 Å². The van der Waals surface area contributed by atoms with Gasteiger partial charge in [-0.15, -0.1) is 0 Å². The molecule has 0 aliphatic carbocycles. The first-order valence-electron chi connectivity index (χ1n) is 7.93. The first-order chi connectivity index (χ1) is 11.1. The molecular weight excluding hydrogens is 298 g/mol. The van der Waals surface area contributed by atoms with Crippen molar-refractivity contribution in [2.24, 2.45) is 0 Å². The van der Waals surface area contributed by atoms with E-state index in [2.05, 4.69) is 5.32 Å². The van der Waals surface area contributed by atoms with Gasteiger partial charge in [0.15, 0.2) is 12.2 Å². The molecule has 2 rings (SSSR count). The molecule has 1 amide bonds. The van der Waals surface area contributed by atoms with Crippen LogP contribution in [-0.2, 0) is 36.6 Å². The Balaban J connectivity index is 2.17. The second kappa shape index (κ2) is 8.08. The van der Waals surface area contributed by atoms with Crippen LogP contribution in [-0.4, -0.2) is 37.5 Å². The van der Waals surface area contributed by atoms with Gasteiger partial charge in [-0.25, -0.2) is 4.79 Å². The molecule has 1 aliphatic rings. The average molecular weight is 321 g/mol.